The van der Waals surface area contributed by atoms with Gasteiger partial charge in [0.1, 0.15) is 5.66 Å². The molecule has 0 aliphatic carbocycles. The maximum absolute atomic E-state index is 12.0. The lowest BCUT2D eigenvalue weighted by Gasteiger charge is -2.45. The van der Waals surface area contributed by atoms with Gasteiger partial charge in [-0.2, -0.15) is 0 Å². The summed E-state index contributed by atoms with van der Waals surface area (Å²) in [5.74, 6) is -1.21. The molecule has 0 radical (unpaired) electrons. The van der Waals surface area contributed by atoms with Gasteiger partial charge in [-0.3, -0.25) is 29.0 Å². The minimum Gasteiger partial charge on any atom is -0.274 e. The van der Waals surface area contributed by atoms with Crippen LogP contribution in [0.4, 0.5) is 0 Å². The highest BCUT2D eigenvalue weighted by molar-refractivity contribution is 6.05. The Morgan fingerprint density at radius 1 is 0.842 bits per heavy atom. The molecule has 1 unspecified atom stereocenters. The SMILES string of the molecule is CCC(C)(N1C(=O)CCCC1=O)N1C(=O)CCC1=O. The second-order valence-corrected chi connectivity index (χ2v) is 5.17. The van der Waals surface area contributed by atoms with Crippen LogP contribution >= 0.6 is 0 Å². The maximum atomic E-state index is 12.0. The summed E-state index contributed by atoms with van der Waals surface area (Å²) in [5, 5.41) is 0. The number of amides is 4. The van der Waals surface area contributed by atoms with Crippen molar-refractivity contribution in [2.75, 3.05) is 0 Å². The molecule has 0 saturated carbocycles. The Morgan fingerprint density at radius 3 is 1.58 bits per heavy atom. The molecule has 2 aliphatic heterocycles. The van der Waals surface area contributed by atoms with Crippen molar-refractivity contribution in [3.8, 4) is 0 Å². The summed E-state index contributed by atoms with van der Waals surface area (Å²) in [6.07, 6.45) is 1.78. The summed E-state index contributed by atoms with van der Waals surface area (Å²) in [7, 11) is 0. The van der Waals surface area contributed by atoms with Crippen LogP contribution in [-0.4, -0.2) is 39.1 Å². The second-order valence-electron chi connectivity index (χ2n) is 5.17. The predicted molar refractivity (Wildman–Crippen MR) is 65.5 cm³/mol. The van der Waals surface area contributed by atoms with Crippen molar-refractivity contribution in [2.45, 2.75) is 58.0 Å². The fraction of sp³-hybridized carbons (Fsp3) is 0.692. The average molecular weight is 266 g/mol. The molecule has 6 heteroatoms. The fourth-order valence-electron chi connectivity index (χ4n) is 2.82. The first kappa shape index (κ1) is 13.7. The van der Waals surface area contributed by atoms with Gasteiger partial charge in [0.2, 0.25) is 23.6 Å². The Labute approximate surface area is 111 Å². The van der Waals surface area contributed by atoms with Crippen LogP contribution in [0.5, 0.6) is 0 Å². The Hall–Kier alpha value is -1.72. The number of likely N-dealkylation sites (tertiary alicyclic amines) is 2. The van der Waals surface area contributed by atoms with E-state index in [2.05, 4.69) is 0 Å². The summed E-state index contributed by atoms with van der Waals surface area (Å²) in [6.45, 7) is 3.39. The smallest absolute Gasteiger partial charge is 0.231 e. The molecule has 2 saturated heterocycles. The molecule has 0 aromatic heterocycles. The lowest BCUT2D eigenvalue weighted by atomic mass is 9.99. The molecule has 2 aliphatic rings. The van der Waals surface area contributed by atoms with Crippen LogP contribution in [0, 0.1) is 0 Å². The molecule has 0 bridgehead atoms. The molecule has 0 spiro atoms. The van der Waals surface area contributed by atoms with Crippen LogP contribution in [0.1, 0.15) is 52.4 Å². The van der Waals surface area contributed by atoms with E-state index in [9.17, 15) is 19.2 Å². The van der Waals surface area contributed by atoms with Gasteiger partial charge in [-0.1, -0.05) is 6.92 Å². The molecular weight excluding hydrogens is 248 g/mol. The number of carbonyl (C=O) groups is 4. The molecule has 0 aromatic carbocycles. The number of rotatable bonds is 3. The van der Waals surface area contributed by atoms with Gasteiger partial charge in [0.25, 0.3) is 0 Å². The molecule has 0 aromatic rings. The van der Waals surface area contributed by atoms with Crippen LogP contribution in [0.3, 0.4) is 0 Å². The van der Waals surface area contributed by atoms with Gasteiger partial charge in [-0.25, -0.2) is 0 Å². The number of hydrogen-bond acceptors (Lipinski definition) is 4. The van der Waals surface area contributed by atoms with E-state index in [0.29, 0.717) is 12.8 Å². The number of imide groups is 2. The third-order valence-electron chi connectivity index (χ3n) is 3.96. The summed E-state index contributed by atoms with van der Waals surface area (Å²) >= 11 is 0. The van der Waals surface area contributed by atoms with Crippen molar-refractivity contribution >= 4 is 23.6 Å². The van der Waals surface area contributed by atoms with Crippen molar-refractivity contribution in [1.29, 1.82) is 0 Å². The highest BCUT2D eigenvalue weighted by Gasteiger charge is 2.50. The monoisotopic (exact) mass is 266 g/mol. The molecule has 4 amide bonds. The molecular formula is C13H18N2O4. The Balaban J connectivity index is 2.41. The average Bonchev–Trinajstić information content (AvgIpc) is 2.69. The van der Waals surface area contributed by atoms with E-state index in [-0.39, 0.29) is 49.3 Å². The first-order valence-corrected chi connectivity index (χ1v) is 6.63. The van der Waals surface area contributed by atoms with Gasteiger partial charge in [0.15, 0.2) is 0 Å². The number of nitrogens with zero attached hydrogens (tertiary/aromatic N) is 2. The van der Waals surface area contributed by atoms with Gasteiger partial charge in [-0.15, -0.1) is 0 Å². The summed E-state index contributed by atoms with van der Waals surface area (Å²) in [4.78, 5) is 50.1. The standard InChI is InChI=1S/C13H18N2O4/c1-3-13(2,15-11(18)7-8-12(15)19)14-9(16)5-4-6-10(14)17/h3-8H2,1-2H3. The molecule has 0 N–H and O–H groups in total. The van der Waals surface area contributed by atoms with E-state index in [1.807, 2.05) is 0 Å². The van der Waals surface area contributed by atoms with E-state index in [0.717, 1.165) is 9.80 Å². The topological polar surface area (TPSA) is 74.8 Å². The van der Waals surface area contributed by atoms with Gasteiger partial charge in [0.05, 0.1) is 0 Å². The van der Waals surface area contributed by atoms with Gasteiger partial charge < -0.3 is 0 Å². The lowest BCUT2D eigenvalue weighted by Crippen LogP contribution is -2.64. The molecule has 2 rings (SSSR count). The minimum atomic E-state index is -1.15. The third-order valence-corrected chi connectivity index (χ3v) is 3.96. The largest absolute Gasteiger partial charge is 0.274 e. The quantitative estimate of drug-likeness (QED) is 0.708. The van der Waals surface area contributed by atoms with Crippen LogP contribution in [0.25, 0.3) is 0 Å². The zero-order valence-electron chi connectivity index (χ0n) is 11.3. The number of carbonyl (C=O) groups excluding carboxylic acids is 4. The van der Waals surface area contributed by atoms with Crippen LogP contribution in [0.15, 0.2) is 0 Å². The summed E-state index contributed by atoms with van der Waals surface area (Å²) < 4.78 is 0. The molecule has 2 heterocycles. The fourth-order valence-corrected chi connectivity index (χ4v) is 2.82. The maximum Gasteiger partial charge on any atom is 0.231 e. The van der Waals surface area contributed by atoms with Crippen molar-refractivity contribution in [3.05, 3.63) is 0 Å². The van der Waals surface area contributed by atoms with E-state index < -0.39 is 5.66 Å². The third kappa shape index (κ3) is 2.05. The zero-order chi connectivity index (χ0) is 14.2. The van der Waals surface area contributed by atoms with E-state index in [4.69, 9.17) is 0 Å². The van der Waals surface area contributed by atoms with Crippen molar-refractivity contribution in [1.82, 2.24) is 9.80 Å². The van der Waals surface area contributed by atoms with Crippen LogP contribution < -0.4 is 0 Å². The molecule has 19 heavy (non-hydrogen) atoms. The summed E-state index contributed by atoms with van der Waals surface area (Å²) in [5.41, 5.74) is -1.15. The van der Waals surface area contributed by atoms with Crippen molar-refractivity contribution < 1.29 is 19.2 Å². The minimum absolute atomic E-state index is 0.157. The van der Waals surface area contributed by atoms with Gasteiger partial charge in [0, 0.05) is 25.7 Å². The molecule has 104 valence electrons. The van der Waals surface area contributed by atoms with Gasteiger partial charge in [-0.05, 0) is 19.8 Å². The lowest BCUT2D eigenvalue weighted by molar-refractivity contribution is -0.170. The highest BCUT2D eigenvalue weighted by Crippen LogP contribution is 2.33. The second kappa shape index (κ2) is 4.75. The van der Waals surface area contributed by atoms with Crippen molar-refractivity contribution in [3.63, 3.8) is 0 Å². The first-order chi connectivity index (χ1) is 8.91. The molecule has 1 atom stereocenters. The number of piperidine rings is 1. The predicted octanol–water partition coefficient (Wildman–Crippen LogP) is 0.801. The summed E-state index contributed by atoms with van der Waals surface area (Å²) in [6, 6.07) is 0. The highest BCUT2D eigenvalue weighted by atomic mass is 16.2. The van der Waals surface area contributed by atoms with Crippen LogP contribution in [-0.2, 0) is 19.2 Å². The van der Waals surface area contributed by atoms with Crippen molar-refractivity contribution in [2.24, 2.45) is 0 Å². The zero-order valence-corrected chi connectivity index (χ0v) is 11.3. The molecule has 2 fully saturated rings. The normalized spacial score (nSPS) is 24.1. The Kier molecular flexibility index (Phi) is 3.43. The molecule has 6 nitrogen and oxygen atoms in total. The van der Waals surface area contributed by atoms with E-state index >= 15 is 0 Å². The first-order valence-electron chi connectivity index (χ1n) is 6.63. The van der Waals surface area contributed by atoms with E-state index in [1.165, 1.54) is 0 Å². The number of hydrogen-bond donors (Lipinski definition) is 0. The van der Waals surface area contributed by atoms with Gasteiger partial charge >= 0.3 is 0 Å². The Morgan fingerprint density at radius 2 is 1.21 bits per heavy atom. The van der Waals surface area contributed by atoms with Crippen LogP contribution in [0.2, 0.25) is 0 Å². The van der Waals surface area contributed by atoms with E-state index in [1.54, 1.807) is 13.8 Å². The Bertz CT molecular complexity index is 428.